The zero-order chi connectivity index (χ0) is 12.8. The lowest BCUT2D eigenvalue weighted by Gasteiger charge is -2.18. The van der Waals surface area contributed by atoms with Crippen LogP contribution in [0.3, 0.4) is 0 Å². The summed E-state index contributed by atoms with van der Waals surface area (Å²) in [6.07, 6.45) is 0.230. The summed E-state index contributed by atoms with van der Waals surface area (Å²) >= 11 is 0. The second-order valence-corrected chi connectivity index (χ2v) is 3.26. The minimum absolute atomic E-state index is 0.230. The van der Waals surface area contributed by atoms with Gasteiger partial charge in [0.25, 0.3) is 0 Å². The predicted octanol–water partition coefficient (Wildman–Crippen LogP) is 2.04. The van der Waals surface area contributed by atoms with Crippen molar-refractivity contribution in [2.24, 2.45) is 5.34 Å². The van der Waals surface area contributed by atoms with Gasteiger partial charge in [0.2, 0.25) is 11.8 Å². The lowest BCUT2D eigenvalue weighted by molar-refractivity contribution is -0.125. The predicted molar refractivity (Wildman–Crippen MR) is 61.3 cm³/mol. The standard InChI is InChI=1S/C11H12N2O4/c1-3-11(15)13(8(2)14)9-4-6-10(7-5-9)17-12-16/h4-7H,3H2,1-2H3. The van der Waals surface area contributed by atoms with Gasteiger partial charge in [-0.3, -0.25) is 14.5 Å². The molecule has 0 aliphatic heterocycles. The molecule has 0 atom stereocenters. The van der Waals surface area contributed by atoms with Crippen molar-refractivity contribution in [2.45, 2.75) is 20.3 Å². The Balaban J connectivity index is 2.99. The first-order chi connectivity index (χ1) is 8.10. The molecule has 0 aliphatic rings. The molecule has 0 aliphatic carbocycles. The van der Waals surface area contributed by atoms with Gasteiger partial charge in [0.15, 0.2) is 11.1 Å². The molecule has 1 aromatic rings. The molecule has 0 saturated carbocycles. The molecule has 6 nitrogen and oxygen atoms in total. The van der Waals surface area contributed by atoms with Crippen LogP contribution in [0.15, 0.2) is 29.6 Å². The van der Waals surface area contributed by atoms with Crippen LogP contribution in [-0.2, 0) is 9.59 Å². The zero-order valence-corrected chi connectivity index (χ0v) is 9.54. The maximum atomic E-state index is 11.6. The summed E-state index contributed by atoms with van der Waals surface area (Å²) in [7, 11) is 0. The van der Waals surface area contributed by atoms with Gasteiger partial charge in [-0.1, -0.05) is 6.92 Å². The van der Waals surface area contributed by atoms with Gasteiger partial charge >= 0.3 is 0 Å². The van der Waals surface area contributed by atoms with Crippen LogP contribution in [0.25, 0.3) is 0 Å². The van der Waals surface area contributed by atoms with Crippen molar-refractivity contribution >= 4 is 17.5 Å². The largest absolute Gasteiger partial charge is 0.324 e. The molecular weight excluding hydrogens is 224 g/mol. The fourth-order valence-electron chi connectivity index (χ4n) is 1.36. The molecule has 0 unspecified atom stereocenters. The zero-order valence-electron chi connectivity index (χ0n) is 9.54. The van der Waals surface area contributed by atoms with E-state index in [9.17, 15) is 14.5 Å². The minimum Gasteiger partial charge on any atom is -0.324 e. The highest BCUT2D eigenvalue weighted by Crippen LogP contribution is 2.20. The Morgan fingerprint density at radius 1 is 1.29 bits per heavy atom. The number of carbonyl (C=O) groups excluding carboxylic acids is 2. The van der Waals surface area contributed by atoms with E-state index < -0.39 is 0 Å². The average Bonchev–Trinajstić information content (AvgIpc) is 2.31. The van der Waals surface area contributed by atoms with E-state index in [1.54, 1.807) is 6.92 Å². The summed E-state index contributed by atoms with van der Waals surface area (Å²) in [4.78, 5) is 38.2. The molecule has 1 rings (SSSR count). The summed E-state index contributed by atoms with van der Waals surface area (Å²) in [5.41, 5.74) is 0.433. The first-order valence-corrected chi connectivity index (χ1v) is 5.03. The number of amides is 2. The van der Waals surface area contributed by atoms with Crippen molar-refractivity contribution in [3.05, 3.63) is 29.2 Å². The molecule has 0 saturated heterocycles. The molecular formula is C11H12N2O4. The van der Waals surface area contributed by atoms with Crippen molar-refractivity contribution in [3.63, 3.8) is 0 Å². The quantitative estimate of drug-likeness (QED) is 0.592. The molecule has 1 aromatic carbocycles. The Hall–Kier alpha value is -2.24. The van der Waals surface area contributed by atoms with Crippen LogP contribution in [-0.4, -0.2) is 11.8 Å². The Bertz CT molecular complexity index is 428. The first-order valence-electron chi connectivity index (χ1n) is 5.03. The Morgan fingerprint density at radius 2 is 1.88 bits per heavy atom. The number of hydrogen-bond donors (Lipinski definition) is 0. The molecule has 2 amide bonds. The fraction of sp³-hybridized carbons (Fsp3) is 0.273. The highest BCUT2D eigenvalue weighted by Gasteiger charge is 2.18. The van der Waals surface area contributed by atoms with Gasteiger partial charge in [-0.2, -0.15) is 0 Å². The van der Waals surface area contributed by atoms with Crippen molar-refractivity contribution < 1.29 is 14.4 Å². The molecule has 0 N–H and O–H groups in total. The summed E-state index contributed by atoms with van der Waals surface area (Å²) < 4.78 is 0. The number of imide groups is 1. The molecule has 0 aromatic heterocycles. The second-order valence-electron chi connectivity index (χ2n) is 3.26. The van der Waals surface area contributed by atoms with Crippen LogP contribution in [0.5, 0.6) is 5.75 Å². The number of hydrogen-bond acceptors (Lipinski definition) is 5. The van der Waals surface area contributed by atoms with E-state index in [4.69, 9.17) is 0 Å². The molecule has 0 heterocycles. The minimum atomic E-state index is -0.362. The van der Waals surface area contributed by atoms with Gasteiger partial charge < -0.3 is 4.84 Å². The van der Waals surface area contributed by atoms with Crippen molar-refractivity contribution in [3.8, 4) is 5.75 Å². The van der Waals surface area contributed by atoms with Crippen LogP contribution in [0, 0.1) is 4.91 Å². The van der Waals surface area contributed by atoms with Gasteiger partial charge in [-0.25, -0.2) is 0 Å². The van der Waals surface area contributed by atoms with Crippen LogP contribution in [0.2, 0.25) is 0 Å². The summed E-state index contributed by atoms with van der Waals surface area (Å²) in [5.74, 6) is -0.407. The Labute approximate surface area is 98.1 Å². The molecule has 0 spiro atoms. The maximum Gasteiger partial charge on any atom is 0.233 e. The SMILES string of the molecule is CCC(=O)N(C(C)=O)c1ccc(ON=O)cc1. The highest BCUT2D eigenvalue weighted by atomic mass is 16.7. The van der Waals surface area contributed by atoms with Crippen LogP contribution in [0.1, 0.15) is 20.3 Å². The number of benzene rings is 1. The van der Waals surface area contributed by atoms with Crippen LogP contribution < -0.4 is 9.74 Å². The third kappa shape index (κ3) is 3.10. The van der Waals surface area contributed by atoms with Crippen molar-refractivity contribution in [2.75, 3.05) is 4.90 Å². The normalized spacial score (nSPS) is 9.53. The van der Waals surface area contributed by atoms with Crippen molar-refractivity contribution in [1.82, 2.24) is 0 Å². The molecule has 6 heteroatoms. The van der Waals surface area contributed by atoms with E-state index in [2.05, 4.69) is 10.2 Å². The number of nitrogens with zero attached hydrogens (tertiary/aromatic N) is 2. The fourth-order valence-corrected chi connectivity index (χ4v) is 1.36. The van der Waals surface area contributed by atoms with Gasteiger partial charge in [-0.05, 0) is 24.3 Å². The van der Waals surface area contributed by atoms with Gasteiger partial charge in [-0.15, -0.1) is 4.91 Å². The monoisotopic (exact) mass is 236 g/mol. The Kier molecular flexibility index (Phi) is 4.33. The summed E-state index contributed by atoms with van der Waals surface area (Å²) in [6, 6.07) is 5.93. The second kappa shape index (κ2) is 5.74. The van der Waals surface area contributed by atoms with Gasteiger partial charge in [0.05, 0.1) is 5.69 Å². The summed E-state index contributed by atoms with van der Waals surface area (Å²) in [5, 5.41) is 2.27. The molecule has 0 fully saturated rings. The lowest BCUT2D eigenvalue weighted by atomic mass is 10.2. The van der Waals surface area contributed by atoms with E-state index in [1.165, 1.54) is 31.2 Å². The van der Waals surface area contributed by atoms with E-state index in [0.29, 0.717) is 5.69 Å². The smallest absolute Gasteiger partial charge is 0.233 e. The topological polar surface area (TPSA) is 76.0 Å². The number of anilines is 1. The number of rotatable bonds is 4. The molecule has 17 heavy (non-hydrogen) atoms. The third-order valence-corrected chi connectivity index (χ3v) is 2.10. The number of carbonyl (C=O) groups is 2. The van der Waals surface area contributed by atoms with Gasteiger partial charge in [0, 0.05) is 13.3 Å². The Morgan fingerprint density at radius 3 is 2.29 bits per heavy atom. The van der Waals surface area contributed by atoms with E-state index in [-0.39, 0.29) is 24.0 Å². The highest BCUT2D eigenvalue weighted by molar-refractivity contribution is 6.13. The molecule has 0 radical (unpaired) electrons. The molecule has 90 valence electrons. The van der Waals surface area contributed by atoms with E-state index >= 15 is 0 Å². The van der Waals surface area contributed by atoms with Crippen molar-refractivity contribution in [1.29, 1.82) is 0 Å². The summed E-state index contributed by atoms with van der Waals surface area (Å²) in [6.45, 7) is 2.98. The van der Waals surface area contributed by atoms with Gasteiger partial charge in [0.1, 0.15) is 0 Å². The average molecular weight is 236 g/mol. The van der Waals surface area contributed by atoms with Crippen LogP contribution in [0.4, 0.5) is 5.69 Å². The lowest BCUT2D eigenvalue weighted by Crippen LogP contribution is -2.34. The molecule has 0 bridgehead atoms. The van der Waals surface area contributed by atoms with E-state index in [0.717, 1.165) is 4.90 Å². The first kappa shape index (κ1) is 12.8. The van der Waals surface area contributed by atoms with E-state index in [1.807, 2.05) is 0 Å². The van der Waals surface area contributed by atoms with Crippen LogP contribution >= 0.6 is 0 Å². The maximum absolute atomic E-state index is 11.6. The third-order valence-electron chi connectivity index (χ3n) is 2.10.